The largest absolute Gasteiger partial charge is 0.306 e. The van der Waals surface area contributed by atoms with E-state index in [2.05, 4.69) is 23.2 Å². The van der Waals surface area contributed by atoms with Gasteiger partial charge in [0.2, 0.25) is 0 Å². The van der Waals surface area contributed by atoms with Gasteiger partial charge in [-0.15, -0.1) is 0 Å². The molecule has 0 aliphatic rings. The van der Waals surface area contributed by atoms with E-state index in [0.717, 1.165) is 11.3 Å². The Bertz CT molecular complexity index is 618. The summed E-state index contributed by atoms with van der Waals surface area (Å²) in [5, 5.41) is 0. The predicted molar refractivity (Wildman–Crippen MR) is 77.3 cm³/mol. The van der Waals surface area contributed by atoms with Crippen LogP contribution in [-0.4, -0.2) is 9.38 Å². The number of nitrogens with zero attached hydrogens (tertiary/aromatic N) is 2. The Kier molecular flexibility index (Phi) is 3.58. The second kappa shape index (κ2) is 5.32. The van der Waals surface area contributed by atoms with Gasteiger partial charge in [0.05, 0.1) is 5.69 Å². The van der Waals surface area contributed by atoms with Crippen molar-refractivity contribution in [3.63, 3.8) is 0 Å². The Morgan fingerprint density at radius 2 is 1.67 bits per heavy atom. The first-order chi connectivity index (χ1) is 8.42. The minimum atomic E-state index is 0. The van der Waals surface area contributed by atoms with Crippen molar-refractivity contribution >= 4 is 17.8 Å². The number of hydrogen-bond donors (Lipinski definition) is 0. The zero-order valence-electron chi connectivity index (χ0n) is 9.32. The van der Waals surface area contributed by atoms with Gasteiger partial charge in [0, 0.05) is 12.4 Å². The summed E-state index contributed by atoms with van der Waals surface area (Å²) < 4.78 is 2.02. The van der Waals surface area contributed by atoms with Gasteiger partial charge in [0.15, 0.2) is 0 Å². The molecule has 2 nitrogen and oxygen atoms in total. The van der Waals surface area contributed by atoms with E-state index in [0.29, 0.717) is 0 Å². The summed E-state index contributed by atoms with van der Waals surface area (Å²) in [7, 11) is 0. The first kappa shape index (κ1) is 12.1. The highest BCUT2D eigenvalue weighted by Crippen LogP contribution is 2.09. The van der Waals surface area contributed by atoms with Crippen molar-refractivity contribution in [1.29, 1.82) is 0 Å². The molecule has 0 atom stereocenters. The number of aromatic nitrogens is 2. The molecule has 0 spiro atoms. The van der Waals surface area contributed by atoms with Crippen LogP contribution < -0.4 is 0 Å². The minimum Gasteiger partial charge on any atom is -0.306 e. The van der Waals surface area contributed by atoms with Gasteiger partial charge in [-0.25, -0.2) is 4.98 Å². The number of fused-ring (bicyclic) bond motifs is 1. The molecule has 0 radical (unpaired) electrons. The highest BCUT2D eigenvalue weighted by Gasteiger charge is 1.96. The summed E-state index contributed by atoms with van der Waals surface area (Å²) >= 11 is 0. The number of pyridine rings is 1. The van der Waals surface area contributed by atoms with Crippen LogP contribution in [0.1, 0.15) is 18.7 Å². The van der Waals surface area contributed by atoms with E-state index < -0.39 is 0 Å². The van der Waals surface area contributed by atoms with Crippen LogP contribution in [0, 0.1) is 0 Å². The molecule has 0 fully saturated rings. The van der Waals surface area contributed by atoms with Crippen molar-refractivity contribution in [2.24, 2.45) is 0 Å². The van der Waals surface area contributed by atoms with Crippen molar-refractivity contribution in [2.45, 2.75) is 7.43 Å². The lowest BCUT2D eigenvalue weighted by molar-refractivity contribution is 1.19. The summed E-state index contributed by atoms with van der Waals surface area (Å²) in [6, 6.07) is 16.2. The van der Waals surface area contributed by atoms with Crippen molar-refractivity contribution in [1.82, 2.24) is 9.38 Å². The molecule has 2 aromatic heterocycles. The highest BCUT2D eigenvalue weighted by atomic mass is 15.0. The van der Waals surface area contributed by atoms with Crippen LogP contribution in [0.3, 0.4) is 0 Å². The van der Waals surface area contributed by atoms with Crippen LogP contribution in [0.15, 0.2) is 60.9 Å². The fourth-order valence-electron chi connectivity index (χ4n) is 1.78. The first-order valence-electron chi connectivity index (χ1n) is 5.59. The number of imidazole rings is 1. The van der Waals surface area contributed by atoms with Crippen LogP contribution in [0.2, 0.25) is 0 Å². The third-order valence-electron chi connectivity index (χ3n) is 2.63. The van der Waals surface area contributed by atoms with E-state index in [1.54, 1.807) is 0 Å². The summed E-state index contributed by atoms with van der Waals surface area (Å²) in [4.78, 5) is 4.50. The topological polar surface area (TPSA) is 17.3 Å². The van der Waals surface area contributed by atoms with Crippen LogP contribution in [-0.2, 0) is 0 Å². The maximum atomic E-state index is 4.50. The van der Waals surface area contributed by atoms with Gasteiger partial charge in [0.25, 0.3) is 0 Å². The smallest absolute Gasteiger partial charge is 0.137 e. The fraction of sp³-hybridized carbons (Fsp3) is 0.0625. The van der Waals surface area contributed by atoms with E-state index in [1.165, 1.54) is 5.56 Å². The molecule has 0 aliphatic heterocycles. The lowest BCUT2D eigenvalue weighted by Crippen LogP contribution is -1.77. The molecular weight excluding hydrogens is 220 g/mol. The monoisotopic (exact) mass is 236 g/mol. The zero-order chi connectivity index (χ0) is 11.5. The normalized spacial score (nSPS) is 10.7. The van der Waals surface area contributed by atoms with Crippen LogP contribution in [0.4, 0.5) is 0 Å². The molecule has 0 saturated carbocycles. The van der Waals surface area contributed by atoms with Gasteiger partial charge in [-0.1, -0.05) is 49.9 Å². The lowest BCUT2D eigenvalue weighted by Gasteiger charge is -1.89. The molecule has 3 rings (SSSR count). The summed E-state index contributed by atoms with van der Waals surface area (Å²) in [6.07, 6.45) is 8.13. The minimum absolute atomic E-state index is 0. The highest BCUT2D eigenvalue weighted by molar-refractivity contribution is 5.68. The average molecular weight is 236 g/mol. The Balaban J connectivity index is 0.00000120. The lowest BCUT2D eigenvalue weighted by atomic mass is 10.2. The molecule has 90 valence electrons. The summed E-state index contributed by atoms with van der Waals surface area (Å²) in [6.45, 7) is 0. The molecule has 0 unspecified atom stereocenters. The molecule has 3 aromatic rings. The molecule has 18 heavy (non-hydrogen) atoms. The number of benzene rings is 1. The third-order valence-corrected chi connectivity index (χ3v) is 2.63. The van der Waals surface area contributed by atoms with Gasteiger partial charge < -0.3 is 4.40 Å². The van der Waals surface area contributed by atoms with Gasteiger partial charge in [0.1, 0.15) is 5.65 Å². The molecule has 0 amide bonds. The second-order valence-corrected chi connectivity index (χ2v) is 3.88. The van der Waals surface area contributed by atoms with Crippen molar-refractivity contribution in [3.8, 4) is 0 Å². The number of rotatable bonds is 2. The Morgan fingerprint density at radius 1 is 0.889 bits per heavy atom. The molecule has 0 aliphatic carbocycles. The summed E-state index contributed by atoms with van der Waals surface area (Å²) in [5.41, 5.74) is 3.13. The van der Waals surface area contributed by atoms with Crippen molar-refractivity contribution < 1.29 is 0 Å². The Hall–Kier alpha value is -2.35. The molecule has 2 heteroatoms. The van der Waals surface area contributed by atoms with Gasteiger partial charge in [-0.3, -0.25) is 0 Å². The van der Waals surface area contributed by atoms with E-state index in [4.69, 9.17) is 0 Å². The quantitative estimate of drug-likeness (QED) is 0.653. The molecule has 0 saturated heterocycles. The second-order valence-electron chi connectivity index (χ2n) is 3.88. The van der Waals surface area contributed by atoms with E-state index >= 15 is 0 Å². The fourth-order valence-corrected chi connectivity index (χ4v) is 1.78. The van der Waals surface area contributed by atoms with Crippen molar-refractivity contribution in [3.05, 3.63) is 72.2 Å². The molecule has 0 bridgehead atoms. The maximum Gasteiger partial charge on any atom is 0.137 e. The number of hydrogen-bond acceptors (Lipinski definition) is 1. The van der Waals surface area contributed by atoms with E-state index in [1.807, 2.05) is 59.3 Å². The SMILES string of the molecule is C.C(=C\c1cn2ccccc2n1)/c1ccccc1. The average Bonchev–Trinajstić information content (AvgIpc) is 2.80. The zero-order valence-corrected chi connectivity index (χ0v) is 9.32. The molecule has 1 aromatic carbocycles. The van der Waals surface area contributed by atoms with Crippen molar-refractivity contribution in [2.75, 3.05) is 0 Å². The summed E-state index contributed by atoms with van der Waals surface area (Å²) in [5.74, 6) is 0. The maximum absolute atomic E-state index is 4.50. The van der Waals surface area contributed by atoms with Gasteiger partial charge in [-0.2, -0.15) is 0 Å². The van der Waals surface area contributed by atoms with E-state index in [-0.39, 0.29) is 7.43 Å². The van der Waals surface area contributed by atoms with Crippen LogP contribution in [0.5, 0.6) is 0 Å². The third kappa shape index (κ3) is 2.48. The molecule has 0 N–H and O–H groups in total. The standard InChI is InChI=1S/C15H12N2.CH4/c1-2-6-13(7-3-1)9-10-14-12-17-11-5-4-8-15(17)16-14;/h1-12H;1H4/b10-9+;. The van der Waals surface area contributed by atoms with E-state index in [9.17, 15) is 0 Å². The molecular formula is C16H16N2. The predicted octanol–water partition coefficient (Wildman–Crippen LogP) is 4.14. The Labute approximate surface area is 107 Å². The molecule has 2 heterocycles. The van der Waals surface area contributed by atoms with Crippen LogP contribution in [0.25, 0.3) is 17.8 Å². The first-order valence-corrected chi connectivity index (χ1v) is 5.59. The van der Waals surface area contributed by atoms with Crippen LogP contribution >= 0.6 is 0 Å². The van der Waals surface area contributed by atoms with Gasteiger partial charge in [-0.05, 0) is 23.8 Å². The van der Waals surface area contributed by atoms with Gasteiger partial charge >= 0.3 is 0 Å². The Morgan fingerprint density at radius 3 is 2.44 bits per heavy atom.